The van der Waals surface area contributed by atoms with Gasteiger partial charge in [-0.2, -0.15) is 0 Å². The minimum absolute atomic E-state index is 0.0154. The minimum Gasteiger partial charge on any atom is -0.479 e. The zero-order valence-corrected chi connectivity index (χ0v) is 8.18. The molecule has 16 heavy (non-hydrogen) atoms. The minimum atomic E-state index is -2.04. The fourth-order valence-electron chi connectivity index (χ4n) is 1.37. The average Bonchev–Trinajstić information content (AvgIpc) is 2.15. The van der Waals surface area contributed by atoms with Crippen molar-refractivity contribution >= 4 is 11.7 Å². The van der Waals surface area contributed by atoms with Gasteiger partial charge in [0.15, 0.2) is 6.10 Å². The molecule has 0 aliphatic heterocycles. The fourth-order valence-corrected chi connectivity index (χ4v) is 1.37. The van der Waals surface area contributed by atoms with Gasteiger partial charge in [-0.25, -0.2) is 9.18 Å². The van der Waals surface area contributed by atoms with E-state index in [1.165, 1.54) is 6.92 Å². The van der Waals surface area contributed by atoms with E-state index < -0.39 is 34.1 Å². The van der Waals surface area contributed by atoms with Crippen molar-refractivity contribution in [3.05, 3.63) is 39.2 Å². The molecular weight excluding hydrogens is 221 g/mol. The van der Waals surface area contributed by atoms with Crippen molar-refractivity contribution in [2.75, 3.05) is 0 Å². The molecule has 86 valence electrons. The predicted molar refractivity (Wildman–Crippen MR) is 50.4 cm³/mol. The van der Waals surface area contributed by atoms with Gasteiger partial charge < -0.3 is 10.2 Å². The molecule has 0 spiro atoms. The summed E-state index contributed by atoms with van der Waals surface area (Å²) in [5.41, 5.74) is -1.13. The molecule has 0 amide bonds. The molecule has 0 aliphatic rings. The highest BCUT2D eigenvalue weighted by Gasteiger charge is 2.28. The summed E-state index contributed by atoms with van der Waals surface area (Å²) in [4.78, 5) is 20.2. The Hall–Kier alpha value is -2.02. The van der Waals surface area contributed by atoms with Crippen LogP contribution in [0, 0.1) is 22.9 Å². The van der Waals surface area contributed by atoms with Crippen LogP contribution < -0.4 is 0 Å². The molecule has 0 aromatic heterocycles. The van der Waals surface area contributed by atoms with Gasteiger partial charge in [-0.05, 0) is 18.6 Å². The first kappa shape index (κ1) is 12.1. The van der Waals surface area contributed by atoms with Gasteiger partial charge >= 0.3 is 5.97 Å². The smallest absolute Gasteiger partial charge is 0.337 e. The number of aliphatic hydroxyl groups excluding tert-OH is 1. The van der Waals surface area contributed by atoms with Gasteiger partial charge in [-0.1, -0.05) is 0 Å². The molecule has 1 aromatic rings. The van der Waals surface area contributed by atoms with E-state index in [2.05, 4.69) is 0 Å². The molecule has 1 rings (SSSR count). The van der Waals surface area contributed by atoms with Crippen LogP contribution in [0.15, 0.2) is 12.1 Å². The lowest BCUT2D eigenvalue weighted by molar-refractivity contribution is -0.386. The number of aliphatic hydroxyl groups is 1. The number of nitrogens with zero attached hydrogens (tertiary/aromatic N) is 1. The number of nitro benzene ring substituents is 1. The Labute approximate surface area is 89.1 Å². The summed E-state index contributed by atoms with van der Waals surface area (Å²) in [7, 11) is 0. The third-order valence-corrected chi connectivity index (χ3v) is 2.03. The summed E-state index contributed by atoms with van der Waals surface area (Å²) in [6, 6.07) is 1.50. The zero-order chi connectivity index (χ0) is 12.5. The first-order valence-corrected chi connectivity index (χ1v) is 4.20. The molecule has 0 aliphatic carbocycles. The van der Waals surface area contributed by atoms with E-state index in [1.54, 1.807) is 0 Å². The number of hydrogen-bond acceptors (Lipinski definition) is 4. The Kier molecular flexibility index (Phi) is 3.19. The van der Waals surface area contributed by atoms with Crippen LogP contribution in [0.5, 0.6) is 0 Å². The van der Waals surface area contributed by atoms with Crippen molar-refractivity contribution in [3.63, 3.8) is 0 Å². The SMILES string of the molecule is Cc1cc(F)cc([N+](=O)[O-])c1C(O)C(=O)O. The molecule has 0 bridgehead atoms. The summed E-state index contributed by atoms with van der Waals surface area (Å²) < 4.78 is 12.9. The highest BCUT2D eigenvalue weighted by Crippen LogP contribution is 2.29. The van der Waals surface area contributed by atoms with Crippen LogP contribution in [-0.4, -0.2) is 21.1 Å². The second kappa shape index (κ2) is 4.23. The van der Waals surface area contributed by atoms with E-state index in [9.17, 15) is 24.4 Å². The highest BCUT2D eigenvalue weighted by molar-refractivity contribution is 5.76. The third kappa shape index (κ3) is 2.14. The summed E-state index contributed by atoms with van der Waals surface area (Å²) in [6.45, 7) is 1.29. The maximum absolute atomic E-state index is 12.9. The molecule has 0 saturated carbocycles. The monoisotopic (exact) mass is 229 g/mol. The van der Waals surface area contributed by atoms with Crippen LogP contribution in [0.3, 0.4) is 0 Å². The molecule has 0 fully saturated rings. The van der Waals surface area contributed by atoms with Crippen LogP contribution in [0.25, 0.3) is 0 Å². The lowest BCUT2D eigenvalue weighted by Gasteiger charge is -2.09. The lowest BCUT2D eigenvalue weighted by atomic mass is 10.0. The number of aliphatic carboxylic acids is 1. The van der Waals surface area contributed by atoms with Crippen molar-refractivity contribution in [2.45, 2.75) is 13.0 Å². The molecular formula is C9H8FNO5. The maximum Gasteiger partial charge on any atom is 0.337 e. The second-order valence-electron chi connectivity index (χ2n) is 3.15. The summed E-state index contributed by atoms with van der Waals surface area (Å²) in [5, 5.41) is 28.4. The van der Waals surface area contributed by atoms with Crippen molar-refractivity contribution in [1.82, 2.24) is 0 Å². The van der Waals surface area contributed by atoms with Gasteiger partial charge in [0.25, 0.3) is 5.69 Å². The number of nitro groups is 1. The Morgan fingerprint density at radius 2 is 2.12 bits per heavy atom. The molecule has 0 heterocycles. The number of halogens is 1. The average molecular weight is 229 g/mol. The maximum atomic E-state index is 12.9. The Bertz CT molecular complexity index is 459. The fraction of sp³-hybridized carbons (Fsp3) is 0.222. The van der Waals surface area contributed by atoms with Crippen LogP contribution in [0.4, 0.5) is 10.1 Å². The van der Waals surface area contributed by atoms with Gasteiger partial charge in [0.1, 0.15) is 5.82 Å². The van der Waals surface area contributed by atoms with Crippen LogP contribution in [-0.2, 0) is 4.79 Å². The molecule has 2 N–H and O–H groups in total. The van der Waals surface area contributed by atoms with Gasteiger partial charge in [0.05, 0.1) is 16.6 Å². The molecule has 7 heteroatoms. The Balaban J connectivity index is 3.46. The van der Waals surface area contributed by atoms with E-state index >= 15 is 0 Å². The zero-order valence-electron chi connectivity index (χ0n) is 8.18. The largest absolute Gasteiger partial charge is 0.479 e. The van der Waals surface area contributed by atoms with Gasteiger partial charge in [-0.15, -0.1) is 0 Å². The molecule has 0 radical (unpaired) electrons. The second-order valence-corrected chi connectivity index (χ2v) is 3.15. The first-order chi connectivity index (χ1) is 7.34. The number of carboxylic acid groups (broad SMARTS) is 1. The van der Waals surface area contributed by atoms with Crippen molar-refractivity contribution < 1.29 is 24.3 Å². The normalized spacial score (nSPS) is 12.2. The molecule has 1 aromatic carbocycles. The molecule has 0 saturated heterocycles. The summed E-state index contributed by atoms with van der Waals surface area (Å²) in [5.74, 6) is -2.48. The summed E-state index contributed by atoms with van der Waals surface area (Å²) in [6.07, 6.45) is -2.04. The number of aryl methyl sites for hydroxylation is 1. The molecule has 1 atom stereocenters. The van der Waals surface area contributed by atoms with Crippen LogP contribution in [0.2, 0.25) is 0 Å². The predicted octanol–water partition coefficient (Wildman–Crippen LogP) is 1.16. The van der Waals surface area contributed by atoms with Gasteiger partial charge in [0.2, 0.25) is 0 Å². The standard InChI is InChI=1S/C9H8FNO5/c1-4-2-5(10)3-6(11(15)16)7(4)8(12)9(13)14/h2-3,8,12H,1H3,(H,13,14). The number of hydrogen-bond donors (Lipinski definition) is 2. The molecule has 1 unspecified atom stereocenters. The van der Waals surface area contributed by atoms with Gasteiger partial charge in [0, 0.05) is 0 Å². The first-order valence-electron chi connectivity index (χ1n) is 4.20. The number of carboxylic acids is 1. The molecule has 6 nitrogen and oxygen atoms in total. The highest BCUT2D eigenvalue weighted by atomic mass is 19.1. The summed E-state index contributed by atoms with van der Waals surface area (Å²) >= 11 is 0. The van der Waals surface area contributed by atoms with Crippen molar-refractivity contribution in [2.24, 2.45) is 0 Å². The van der Waals surface area contributed by atoms with Crippen LogP contribution in [0.1, 0.15) is 17.2 Å². The number of carbonyl (C=O) groups is 1. The van der Waals surface area contributed by atoms with E-state index in [4.69, 9.17) is 5.11 Å². The van der Waals surface area contributed by atoms with Gasteiger partial charge in [-0.3, -0.25) is 10.1 Å². The van der Waals surface area contributed by atoms with E-state index in [-0.39, 0.29) is 5.56 Å². The quantitative estimate of drug-likeness (QED) is 0.598. The van der Waals surface area contributed by atoms with E-state index in [1.807, 2.05) is 0 Å². The van der Waals surface area contributed by atoms with Crippen LogP contribution >= 0.6 is 0 Å². The lowest BCUT2D eigenvalue weighted by Crippen LogP contribution is -2.14. The Morgan fingerprint density at radius 1 is 1.56 bits per heavy atom. The van der Waals surface area contributed by atoms with E-state index in [0.717, 1.165) is 6.07 Å². The number of benzene rings is 1. The Morgan fingerprint density at radius 3 is 2.56 bits per heavy atom. The number of rotatable bonds is 3. The third-order valence-electron chi connectivity index (χ3n) is 2.03. The van der Waals surface area contributed by atoms with E-state index in [0.29, 0.717) is 6.07 Å². The topological polar surface area (TPSA) is 101 Å². The van der Waals surface area contributed by atoms with Crippen molar-refractivity contribution in [3.8, 4) is 0 Å². The van der Waals surface area contributed by atoms with Crippen molar-refractivity contribution in [1.29, 1.82) is 0 Å².